The summed E-state index contributed by atoms with van der Waals surface area (Å²) in [6.07, 6.45) is 4.82. The fourth-order valence-electron chi connectivity index (χ4n) is 2.94. The summed E-state index contributed by atoms with van der Waals surface area (Å²) in [6.45, 7) is 11.8. The predicted molar refractivity (Wildman–Crippen MR) is 92.6 cm³/mol. The Balaban J connectivity index is 1.89. The van der Waals surface area contributed by atoms with Gasteiger partial charge in [0.25, 0.3) is 0 Å². The van der Waals surface area contributed by atoms with Crippen LogP contribution in [0.5, 0.6) is 0 Å². The normalized spacial score (nSPS) is 23.8. The maximum Gasteiger partial charge on any atom is 0.216 e. The van der Waals surface area contributed by atoms with Crippen LogP contribution in [0.2, 0.25) is 0 Å². The van der Waals surface area contributed by atoms with Gasteiger partial charge >= 0.3 is 0 Å². The van der Waals surface area contributed by atoms with Gasteiger partial charge in [-0.3, -0.25) is 4.68 Å². The molecule has 6 nitrogen and oxygen atoms in total. The van der Waals surface area contributed by atoms with Crippen LogP contribution in [-0.2, 0) is 16.6 Å². The van der Waals surface area contributed by atoms with Crippen LogP contribution < -0.4 is 5.32 Å². The van der Waals surface area contributed by atoms with Crippen LogP contribution in [0.15, 0.2) is 12.4 Å². The summed E-state index contributed by atoms with van der Waals surface area (Å²) in [5, 5.41) is 7.57. The van der Waals surface area contributed by atoms with E-state index in [0.29, 0.717) is 31.1 Å². The van der Waals surface area contributed by atoms with Crippen molar-refractivity contribution in [3.63, 3.8) is 0 Å². The molecule has 0 unspecified atom stereocenters. The van der Waals surface area contributed by atoms with E-state index in [1.54, 1.807) is 18.2 Å². The van der Waals surface area contributed by atoms with E-state index in [1.165, 1.54) is 5.56 Å². The van der Waals surface area contributed by atoms with Gasteiger partial charge in [-0.2, -0.15) is 5.10 Å². The quantitative estimate of drug-likeness (QED) is 0.859. The monoisotopic (exact) mass is 342 g/mol. The molecule has 2 atom stereocenters. The van der Waals surface area contributed by atoms with Crippen LogP contribution in [-0.4, -0.2) is 46.9 Å². The average Bonchev–Trinajstić information content (AvgIpc) is 2.94. The van der Waals surface area contributed by atoms with E-state index >= 15 is 0 Å². The lowest BCUT2D eigenvalue weighted by molar-refractivity contribution is 0.218. The fraction of sp³-hybridized carbons (Fsp3) is 0.812. The molecule has 132 valence electrons. The lowest BCUT2D eigenvalue weighted by atomic mass is 9.95. The molecular weight excluding hydrogens is 312 g/mol. The second-order valence-electron chi connectivity index (χ2n) is 7.13. The molecule has 0 spiro atoms. The number of piperidine rings is 1. The molecule has 2 rings (SSSR count). The molecule has 0 aromatic carbocycles. The molecule has 1 aliphatic rings. The molecule has 0 aliphatic carbocycles. The first-order valence-corrected chi connectivity index (χ1v) is 9.97. The van der Waals surface area contributed by atoms with Crippen molar-refractivity contribution in [3.05, 3.63) is 18.0 Å². The van der Waals surface area contributed by atoms with Crippen LogP contribution in [0.25, 0.3) is 0 Å². The number of hydrogen-bond donors (Lipinski definition) is 1. The molecular formula is C16H30N4O2S. The van der Waals surface area contributed by atoms with Gasteiger partial charge in [0.2, 0.25) is 10.0 Å². The van der Waals surface area contributed by atoms with E-state index < -0.39 is 10.0 Å². The Morgan fingerprint density at radius 1 is 1.35 bits per heavy atom. The summed E-state index contributed by atoms with van der Waals surface area (Å²) in [5.41, 5.74) is 1.17. The van der Waals surface area contributed by atoms with Gasteiger partial charge in [-0.1, -0.05) is 6.92 Å². The third-order valence-corrected chi connectivity index (χ3v) is 6.82. The molecule has 1 aliphatic heterocycles. The highest BCUT2D eigenvalue weighted by Crippen LogP contribution is 2.22. The minimum Gasteiger partial charge on any atom is -0.309 e. The first kappa shape index (κ1) is 18.4. The number of nitrogens with zero attached hydrogens (tertiary/aromatic N) is 3. The molecule has 1 aromatic heterocycles. The third kappa shape index (κ3) is 4.33. The van der Waals surface area contributed by atoms with E-state index in [0.717, 1.165) is 13.0 Å². The van der Waals surface area contributed by atoms with Gasteiger partial charge in [0.1, 0.15) is 0 Å². The van der Waals surface area contributed by atoms with Crippen molar-refractivity contribution in [1.82, 2.24) is 19.4 Å². The second-order valence-corrected chi connectivity index (χ2v) is 9.62. The zero-order valence-electron chi connectivity index (χ0n) is 14.9. The van der Waals surface area contributed by atoms with Crippen molar-refractivity contribution in [2.24, 2.45) is 5.92 Å². The number of rotatable bonds is 6. The van der Waals surface area contributed by atoms with Crippen molar-refractivity contribution < 1.29 is 8.42 Å². The summed E-state index contributed by atoms with van der Waals surface area (Å²) < 4.78 is 28.2. The van der Waals surface area contributed by atoms with Crippen LogP contribution in [0.4, 0.5) is 0 Å². The Kier molecular flexibility index (Phi) is 5.86. The third-order valence-electron chi connectivity index (χ3n) is 4.58. The summed E-state index contributed by atoms with van der Waals surface area (Å²) >= 11 is 0. The first-order valence-electron chi connectivity index (χ1n) is 8.47. The van der Waals surface area contributed by atoms with Crippen molar-refractivity contribution >= 4 is 10.0 Å². The molecule has 23 heavy (non-hydrogen) atoms. The number of hydrogen-bond acceptors (Lipinski definition) is 4. The molecule has 0 radical (unpaired) electrons. The smallest absolute Gasteiger partial charge is 0.216 e. The Morgan fingerprint density at radius 3 is 2.57 bits per heavy atom. The SMILES string of the molecule is CC(C)n1cc(CN[C@H]2CCN(S(=O)(=O)C(C)C)C[C@H]2C)cn1. The summed E-state index contributed by atoms with van der Waals surface area (Å²) in [5.74, 6) is 0.303. The minimum atomic E-state index is -3.14. The zero-order valence-corrected chi connectivity index (χ0v) is 15.7. The maximum absolute atomic E-state index is 12.3. The van der Waals surface area contributed by atoms with E-state index in [2.05, 4.69) is 37.4 Å². The molecule has 2 heterocycles. The summed E-state index contributed by atoms with van der Waals surface area (Å²) in [6, 6.07) is 0.711. The highest BCUT2D eigenvalue weighted by atomic mass is 32.2. The van der Waals surface area contributed by atoms with Crippen LogP contribution in [0.3, 0.4) is 0 Å². The Bertz CT molecular complexity index is 609. The summed E-state index contributed by atoms with van der Waals surface area (Å²) in [4.78, 5) is 0. The number of sulfonamides is 1. The molecule has 1 fully saturated rings. The fourth-order valence-corrected chi connectivity index (χ4v) is 4.34. The standard InChI is InChI=1S/C16H30N4O2S/c1-12(2)20-11-15(9-18-20)8-17-16-6-7-19(10-14(16)5)23(21,22)13(3)4/h9,11-14,16-17H,6-8,10H2,1-5H3/t14-,16+/m1/s1. The molecule has 0 saturated carbocycles. The van der Waals surface area contributed by atoms with Crippen LogP contribution in [0, 0.1) is 5.92 Å². The minimum absolute atomic E-state index is 0.303. The van der Waals surface area contributed by atoms with Gasteiger partial charge < -0.3 is 5.32 Å². The van der Waals surface area contributed by atoms with E-state index in [1.807, 2.05) is 10.9 Å². The largest absolute Gasteiger partial charge is 0.309 e. The zero-order chi connectivity index (χ0) is 17.2. The lowest BCUT2D eigenvalue weighted by Gasteiger charge is -2.37. The Hall–Kier alpha value is -0.920. The van der Waals surface area contributed by atoms with Gasteiger partial charge in [0.15, 0.2) is 0 Å². The van der Waals surface area contributed by atoms with Crippen molar-refractivity contribution in [2.45, 2.75) is 64.9 Å². The number of aromatic nitrogens is 2. The first-order chi connectivity index (χ1) is 10.7. The Morgan fingerprint density at radius 2 is 2.04 bits per heavy atom. The topological polar surface area (TPSA) is 67.2 Å². The van der Waals surface area contributed by atoms with Crippen LogP contribution in [0.1, 0.15) is 52.6 Å². The van der Waals surface area contributed by atoms with Crippen LogP contribution >= 0.6 is 0 Å². The highest BCUT2D eigenvalue weighted by Gasteiger charge is 2.33. The molecule has 1 aromatic rings. The van der Waals surface area contributed by atoms with Gasteiger partial charge in [-0.25, -0.2) is 12.7 Å². The van der Waals surface area contributed by atoms with Crippen molar-refractivity contribution in [3.8, 4) is 0 Å². The second kappa shape index (κ2) is 7.32. The maximum atomic E-state index is 12.3. The van der Waals surface area contributed by atoms with Gasteiger partial charge in [0, 0.05) is 43.5 Å². The molecule has 1 saturated heterocycles. The van der Waals surface area contributed by atoms with E-state index in [-0.39, 0.29) is 5.25 Å². The van der Waals surface area contributed by atoms with E-state index in [9.17, 15) is 8.42 Å². The number of nitrogens with one attached hydrogen (secondary N) is 1. The Labute approximate surface area is 140 Å². The average molecular weight is 343 g/mol. The predicted octanol–water partition coefficient (Wildman–Crippen LogP) is 2.00. The summed E-state index contributed by atoms with van der Waals surface area (Å²) in [7, 11) is -3.14. The molecule has 0 bridgehead atoms. The molecule has 0 amide bonds. The van der Waals surface area contributed by atoms with Gasteiger partial charge in [0.05, 0.1) is 11.4 Å². The molecule has 7 heteroatoms. The van der Waals surface area contributed by atoms with Crippen molar-refractivity contribution in [2.75, 3.05) is 13.1 Å². The van der Waals surface area contributed by atoms with Crippen molar-refractivity contribution in [1.29, 1.82) is 0 Å². The van der Waals surface area contributed by atoms with Gasteiger partial charge in [-0.15, -0.1) is 0 Å². The molecule has 1 N–H and O–H groups in total. The van der Waals surface area contributed by atoms with E-state index in [4.69, 9.17) is 0 Å². The lowest BCUT2D eigenvalue weighted by Crippen LogP contribution is -2.51. The van der Waals surface area contributed by atoms with Gasteiger partial charge in [-0.05, 0) is 40.0 Å². The highest BCUT2D eigenvalue weighted by molar-refractivity contribution is 7.89.